The fraction of sp³-hybridized carbons (Fsp3) is 0.346. The van der Waals surface area contributed by atoms with E-state index in [2.05, 4.69) is 53.7 Å². The predicted octanol–water partition coefficient (Wildman–Crippen LogP) is 2.64. The number of methoxy groups -OCH3 is 2. The number of aromatic nitrogens is 1. The van der Waals surface area contributed by atoms with Gasteiger partial charge in [0.15, 0.2) is 0 Å². The average molecular weight is 641 g/mol. The van der Waals surface area contributed by atoms with Crippen LogP contribution in [0.2, 0.25) is 0 Å². The van der Waals surface area contributed by atoms with Crippen molar-refractivity contribution in [2.75, 3.05) is 31.4 Å². The number of hydrogen-bond donors (Lipinski definition) is 0. The summed E-state index contributed by atoms with van der Waals surface area (Å²) in [4.78, 5) is 2.36. The molecule has 2 heterocycles. The molecule has 0 aliphatic carbocycles. The van der Waals surface area contributed by atoms with Gasteiger partial charge < -0.3 is 0 Å². The fourth-order valence-electron chi connectivity index (χ4n) is 4.15. The molecule has 0 saturated carbocycles. The van der Waals surface area contributed by atoms with Crippen LogP contribution in [0.15, 0.2) is 52.6 Å². The van der Waals surface area contributed by atoms with Crippen molar-refractivity contribution in [2.45, 2.75) is 33.2 Å². The Morgan fingerprint density at radius 2 is 1.83 bits per heavy atom. The summed E-state index contributed by atoms with van der Waals surface area (Å²) in [5, 5.41) is 0. The molecule has 1 aliphatic heterocycles. The third kappa shape index (κ3) is 6.08. The average Bonchev–Trinajstić information content (AvgIpc) is 3.38. The van der Waals surface area contributed by atoms with Gasteiger partial charge in [-0.1, -0.05) is 0 Å². The van der Waals surface area contributed by atoms with Crippen molar-refractivity contribution in [1.82, 2.24) is 0 Å². The fourth-order valence-corrected chi connectivity index (χ4v) is 9.52. The van der Waals surface area contributed by atoms with Gasteiger partial charge >= 0.3 is 226 Å². The standard InChI is InChI=1S/C26H30N2O5SSe2/c1-5-18(14-25-27(6-2)21-16-19(32-3)8-10-23(21)35-25)15-26-28(12-7-13-34(29,30)31)22-17-20(33-4)9-11-24(22)36-26/h8-11,14-17H,5-7,12-13H2,1-4H3. The van der Waals surface area contributed by atoms with Gasteiger partial charge in [-0.2, -0.15) is 0 Å². The molecule has 1 aromatic heterocycles. The number of rotatable bonds is 10. The van der Waals surface area contributed by atoms with E-state index in [4.69, 9.17) is 9.47 Å². The predicted molar refractivity (Wildman–Crippen MR) is 145 cm³/mol. The zero-order valence-electron chi connectivity index (χ0n) is 20.8. The quantitative estimate of drug-likeness (QED) is 0.193. The summed E-state index contributed by atoms with van der Waals surface area (Å²) in [6.07, 6.45) is 5.71. The molecule has 0 N–H and O–H groups in total. The minimum absolute atomic E-state index is 0.0679. The summed E-state index contributed by atoms with van der Waals surface area (Å²) < 4.78 is 51.7. The summed E-state index contributed by atoms with van der Waals surface area (Å²) in [7, 11) is -0.919. The van der Waals surface area contributed by atoms with Crippen LogP contribution in [-0.2, 0) is 16.7 Å². The molecular formula is C26H30N2O5SSe2. The maximum absolute atomic E-state index is 11.2. The van der Waals surface area contributed by atoms with E-state index in [1.807, 2.05) is 18.2 Å². The molecule has 0 spiro atoms. The van der Waals surface area contributed by atoms with Crippen LogP contribution in [0.1, 0.15) is 31.3 Å². The third-order valence-corrected chi connectivity index (χ3v) is 11.5. The Morgan fingerprint density at radius 3 is 2.50 bits per heavy atom. The Balaban J connectivity index is 1.72. The Labute approximate surface area is 225 Å². The molecule has 7 nitrogen and oxygen atoms in total. The van der Waals surface area contributed by atoms with Crippen molar-refractivity contribution < 1.29 is 27.0 Å². The molecule has 0 amide bonds. The van der Waals surface area contributed by atoms with E-state index in [1.54, 1.807) is 14.2 Å². The van der Waals surface area contributed by atoms with Gasteiger partial charge in [0, 0.05) is 0 Å². The van der Waals surface area contributed by atoms with Crippen LogP contribution in [0.4, 0.5) is 5.69 Å². The van der Waals surface area contributed by atoms with Crippen LogP contribution in [0.25, 0.3) is 15.9 Å². The Kier molecular flexibility index (Phi) is 8.66. The Hall–Kier alpha value is -2.06. The van der Waals surface area contributed by atoms with Gasteiger partial charge in [0.25, 0.3) is 0 Å². The van der Waals surface area contributed by atoms with Gasteiger partial charge in [-0.25, -0.2) is 0 Å². The van der Waals surface area contributed by atoms with Gasteiger partial charge in [0.1, 0.15) is 0 Å². The summed E-state index contributed by atoms with van der Waals surface area (Å²) in [6.45, 7) is 5.67. The molecular weight excluding hydrogens is 610 g/mol. The van der Waals surface area contributed by atoms with Crippen molar-refractivity contribution in [3.63, 3.8) is 0 Å². The van der Waals surface area contributed by atoms with Crippen LogP contribution in [0, 0.1) is 0 Å². The molecule has 0 bridgehead atoms. The van der Waals surface area contributed by atoms with Gasteiger partial charge in [-0.15, -0.1) is 0 Å². The Morgan fingerprint density at radius 1 is 1.11 bits per heavy atom. The van der Waals surface area contributed by atoms with E-state index in [1.165, 1.54) is 24.6 Å². The first-order chi connectivity index (χ1) is 17.3. The molecule has 36 heavy (non-hydrogen) atoms. The van der Waals surface area contributed by atoms with E-state index < -0.39 is 10.1 Å². The van der Waals surface area contributed by atoms with E-state index in [-0.39, 0.29) is 41.6 Å². The van der Waals surface area contributed by atoms with Crippen LogP contribution in [0.5, 0.6) is 11.5 Å². The SMILES string of the molecule is CCC(=C\c1[se]c2ccc(OC)cc2[n+]1CCCS(=O)(=O)[O-])/C=C1/[Se]c2ccc(OC)cc2N1CC. The number of fused-ring (bicyclic) bond motifs is 2. The van der Waals surface area contributed by atoms with E-state index >= 15 is 0 Å². The molecule has 0 saturated heterocycles. The molecule has 0 radical (unpaired) electrons. The van der Waals surface area contributed by atoms with Crippen molar-refractivity contribution in [3.05, 3.63) is 57.2 Å². The third-order valence-electron chi connectivity index (χ3n) is 5.99. The van der Waals surface area contributed by atoms with Crippen LogP contribution >= 0.6 is 0 Å². The molecule has 0 atom stereocenters. The normalized spacial score (nSPS) is 15.1. The van der Waals surface area contributed by atoms with Gasteiger partial charge in [-0.3, -0.25) is 0 Å². The number of benzene rings is 2. The minimum atomic E-state index is -4.25. The molecule has 1 aliphatic rings. The summed E-state index contributed by atoms with van der Waals surface area (Å²) in [5.41, 5.74) is 3.48. The summed E-state index contributed by atoms with van der Waals surface area (Å²) in [5.74, 6) is 1.26. The van der Waals surface area contributed by atoms with Gasteiger partial charge in [0.05, 0.1) is 0 Å². The van der Waals surface area contributed by atoms with E-state index in [9.17, 15) is 13.0 Å². The number of nitrogens with zero attached hydrogens (tertiary/aromatic N) is 2. The molecule has 10 heteroatoms. The summed E-state index contributed by atoms with van der Waals surface area (Å²) >= 11 is 0.272. The molecule has 2 aromatic carbocycles. The van der Waals surface area contributed by atoms with Crippen LogP contribution in [-0.4, -0.2) is 68.9 Å². The Bertz CT molecular complexity index is 1430. The van der Waals surface area contributed by atoms with Crippen molar-refractivity contribution in [1.29, 1.82) is 0 Å². The van der Waals surface area contributed by atoms with Crippen molar-refractivity contribution in [2.24, 2.45) is 0 Å². The number of hydrogen-bond acceptors (Lipinski definition) is 6. The second kappa shape index (κ2) is 11.5. The molecule has 0 fully saturated rings. The number of aryl methyl sites for hydroxylation is 1. The second-order valence-electron chi connectivity index (χ2n) is 8.28. The first-order valence-electron chi connectivity index (χ1n) is 11.8. The number of ether oxygens (including phenoxy) is 2. The zero-order chi connectivity index (χ0) is 25.9. The monoisotopic (exact) mass is 642 g/mol. The molecule has 4 rings (SSSR count). The molecule has 192 valence electrons. The number of allylic oxidation sites excluding steroid dienone is 2. The van der Waals surface area contributed by atoms with Crippen LogP contribution in [0.3, 0.4) is 0 Å². The zero-order valence-corrected chi connectivity index (χ0v) is 25.1. The van der Waals surface area contributed by atoms with Crippen LogP contribution < -0.4 is 23.4 Å². The summed E-state index contributed by atoms with van der Waals surface area (Å²) in [6, 6.07) is 12.3. The van der Waals surface area contributed by atoms with Gasteiger partial charge in [0.2, 0.25) is 0 Å². The first-order valence-corrected chi connectivity index (χ1v) is 16.8. The molecule has 0 unspecified atom stereocenters. The van der Waals surface area contributed by atoms with E-state index in [0.717, 1.165) is 34.5 Å². The van der Waals surface area contributed by atoms with E-state index in [0.29, 0.717) is 6.54 Å². The molecule has 3 aromatic rings. The second-order valence-corrected chi connectivity index (χ2v) is 14.3. The topological polar surface area (TPSA) is 82.8 Å². The van der Waals surface area contributed by atoms with Gasteiger partial charge in [-0.05, 0) is 0 Å². The van der Waals surface area contributed by atoms with Crippen molar-refractivity contribution >= 4 is 65.6 Å². The van der Waals surface area contributed by atoms with Crippen molar-refractivity contribution in [3.8, 4) is 11.5 Å². The first kappa shape index (κ1) is 27.0. The number of anilines is 1. The maximum atomic E-state index is 11.2.